The highest BCUT2D eigenvalue weighted by Gasteiger charge is 2.31. The number of halogens is 3. The number of aromatic nitrogens is 1. The minimum absolute atomic E-state index is 0.0152. The number of sulfone groups is 1. The zero-order valence-electron chi connectivity index (χ0n) is 15.9. The summed E-state index contributed by atoms with van der Waals surface area (Å²) in [5, 5.41) is 0. The van der Waals surface area contributed by atoms with Crippen LogP contribution >= 0.6 is 0 Å². The first-order chi connectivity index (χ1) is 13.7. The molecule has 1 aromatic carbocycles. The number of methoxy groups -OCH3 is 1. The molecule has 2 aromatic rings. The minimum Gasteiger partial charge on any atom is -0.497 e. The average molecular weight is 429 g/mol. The molecular weight excluding hydrogens is 407 g/mol. The third-order valence-electron chi connectivity index (χ3n) is 4.85. The first-order valence-corrected chi connectivity index (χ1v) is 10.7. The van der Waals surface area contributed by atoms with E-state index in [4.69, 9.17) is 4.74 Å². The molecule has 1 aromatic heterocycles. The van der Waals surface area contributed by atoms with Crippen molar-refractivity contribution in [3.63, 3.8) is 0 Å². The molecule has 1 aliphatic heterocycles. The van der Waals surface area contributed by atoms with Gasteiger partial charge in [0, 0.05) is 38.9 Å². The van der Waals surface area contributed by atoms with E-state index in [9.17, 15) is 21.6 Å². The molecule has 29 heavy (non-hydrogen) atoms. The fourth-order valence-electron chi connectivity index (χ4n) is 3.10. The number of hydrogen-bond acceptors (Lipinski definition) is 6. The maximum atomic E-state index is 12.6. The van der Waals surface area contributed by atoms with Gasteiger partial charge in [0.1, 0.15) is 11.6 Å². The van der Waals surface area contributed by atoms with E-state index in [-0.39, 0.29) is 10.6 Å². The number of alkyl halides is 3. The maximum Gasteiger partial charge on any atom is 0.417 e. The van der Waals surface area contributed by atoms with Crippen molar-refractivity contribution in [2.24, 2.45) is 0 Å². The largest absolute Gasteiger partial charge is 0.497 e. The zero-order chi connectivity index (χ0) is 21.1. The highest BCUT2D eigenvalue weighted by Crippen LogP contribution is 2.29. The van der Waals surface area contributed by atoms with Crippen molar-refractivity contribution >= 4 is 15.7 Å². The van der Waals surface area contributed by atoms with Crippen LogP contribution in [0.2, 0.25) is 0 Å². The molecule has 2 heterocycles. The molecule has 0 atom stereocenters. The van der Waals surface area contributed by atoms with Crippen LogP contribution in [0.3, 0.4) is 0 Å². The Bertz CT molecular complexity index is 926. The Morgan fingerprint density at radius 1 is 1.10 bits per heavy atom. The SMILES string of the molecule is COc1cccc(S(=O)(=O)CCN2CCN(c3ccc(C(F)(F)F)cn3)CC2)c1. The van der Waals surface area contributed by atoms with Crippen molar-refractivity contribution in [3.8, 4) is 5.75 Å². The summed E-state index contributed by atoms with van der Waals surface area (Å²) in [6, 6.07) is 8.77. The second kappa shape index (κ2) is 8.58. The van der Waals surface area contributed by atoms with Gasteiger partial charge < -0.3 is 9.64 Å². The quantitative estimate of drug-likeness (QED) is 0.704. The molecule has 0 unspecified atom stereocenters. The maximum absolute atomic E-state index is 12.6. The van der Waals surface area contributed by atoms with Gasteiger partial charge in [-0.2, -0.15) is 13.2 Å². The Morgan fingerprint density at radius 3 is 2.41 bits per heavy atom. The highest BCUT2D eigenvalue weighted by atomic mass is 32.2. The molecule has 0 spiro atoms. The van der Waals surface area contributed by atoms with Gasteiger partial charge in [-0.15, -0.1) is 0 Å². The monoisotopic (exact) mass is 429 g/mol. The summed E-state index contributed by atoms with van der Waals surface area (Å²) in [5.41, 5.74) is -0.775. The summed E-state index contributed by atoms with van der Waals surface area (Å²) >= 11 is 0. The number of benzene rings is 1. The van der Waals surface area contributed by atoms with Gasteiger partial charge in [0.2, 0.25) is 0 Å². The van der Waals surface area contributed by atoms with Crippen molar-refractivity contribution in [2.75, 3.05) is 50.5 Å². The number of pyridine rings is 1. The van der Waals surface area contributed by atoms with E-state index in [1.807, 2.05) is 9.80 Å². The summed E-state index contributed by atoms with van der Waals surface area (Å²) in [6.07, 6.45) is -3.57. The van der Waals surface area contributed by atoms with Crippen LogP contribution in [0, 0.1) is 0 Å². The number of anilines is 1. The van der Waals surface area contributed by atoms with E-state index in [1.54, 1.807) is 18.2 Å². The number of rotatable bonds is 6. The molecule has 0 radical (unpaired) electrons. The molecule has 158 valence electrons. The first-order valence-electron chi connectivity index (χ1n) is 9.06. The third kappa shape index (κ3) is 5.39. The standard InChI is InChI=1S/C19H22F3N3O3S/c1-28-16-3-2-4-17(13-16)29(26,27)12-11-24-7-9-25(10-8-24)18-6-5-15(14-23-18)19(20,21)22/h2-6,13-14H,7-12H2,1H3. The van der Waals surface area contributed by atoms with Crippen LogP contribution in [0.15, 0.2) is 47.5 Å². The van der Waals surface area contributed by atoms with Gasteiger partial charge in [0.05, 0.1) is 23.3 Å². The van der Waals surface area contributed by atoms with Crippen molar-refractivity contribution in [1.29, 1.82) is 0 Å². The van der Waals surface area contributed by atoms with Crippen LogP contribution in [0.4, 0.5) is 19.0 Å². The smallest absolute Gasteiger partial charge is 0.417 e. The number of ether oxygens (including phenoxy) is 1. The van der Waals surface area contributed by atoms with Gasteiger partial charge in [-0.3, -0.25) is 4.90 Å². The van der Waals surface area contributed by atoms with E-state index in [0.717, 1.165) is 12.3 Å². The summed E-state index contributed by atoms with van der Waals surface area (Å²) < 4.78 is 68.1. The predicted octanol–water partition coefficient (Wildman–Crippen LogP) is 2.70. The Hall–Kier alpha value is -2.33. The van der Waals surface area contributed by atoms with Gasteiger partial charge in [0.25, 0.3) is 0 Å². The molecule has 6 nitrogen and oxygen atoms in total. The predicted molar refractivity (Wildman–Crippen MR) is 103 cm³/mol. The Labute approximate surface area is 167 Å². The topological polar surface area (TPSA) is 62.7 Å². The Balaban J connectivity index is 1.53. The molecule has 0 saturated carbocycles. The highest BCUT2D eigenvalue weighted by molar-refractivity contribution is 7.91. The number of nitrogens with zero attached hydrogens (tertiary/aromatic N) is 3. The zero-order valence-corrected chi connectivity index (χ0v) is 16.7. The van der Waals surface area contributed by atoms with Crippen LogP contribution in [-0.2, 0) is 16.0 Å². The van der Waals surface area contributed by atoms with Crippen molar-refractivity contribution < 1.29 is 26.3 Å². The molecule has 0 bridgehead atoms. The van der Waals surface area contributed by atoms with Crippen molar-refractivity contribution in [2.45, 2.75) is 11.1 Å². The molecule has 0 aliphatic carbocycles. The van der Waals surface area contributed by atoms with Gasteiger partial charge >= 0.3 is 6.18 Å². The second-order valence-electron chi connectivity index (χ2n) is 6.73. The fraction of sp³-hybridized carbons (Fsp3) is 0.421. The number of hydrogen-bond donors (Lipinski definition) is 0. The van der Waals surface area contributed by atoms with Crippen molar-refractivity contribution in [3.05, 3.63) is 48.2 Å². The molecule has 10 heteroatoms. The van der Waals surface area contributed by atoms with E-state index in [0.29, 0.717) is 44.3 Å². The average Bonchev–Trinajstić information content (AvgIpc) is 2.72. The molecule has 1 aliphatic rings. The molecule has 1 saturated heterocycles. The van der Waals surface area contributed by atoms with Crippen molar-refractivity contribution in [1.82, 2.24) is 9.88 Å². The van der Waals surface area contributed by atoms with Crippen LogP contribution in [0.25, 0.3) is 0 Å². The second-order valence-corrected chi connectivity index (χ2v) is 8.84. The Kier molecular flexibility index (Phi) is 6.33. The molecular formula is C19H22F3N3O3S. The Morgan fingerprint density at radius 2 is 1.83 bits per heavy atom. The third-order valence-corrected chi connectivity index (χ3v) is 6.54. The fourth-order valence-corrected chi connectivity index (χ4v) is 4.42. The van der Waals surface area contributed by atoms with Gasteiger partial charge in [-0.1, -0.05) is 6.07 Å². The van der Waals surface area contributed by atoms with Gasteiger partial charge in [0.15, 0.2) is 9.84 Å². The van der Waals surface area contributed by atoms with Gasteiger partial charge in [-0.25, -0.2) is 13.4 Å². The van der Waals surface area contributed by atoms with E-state index >= 15 is 0 Å². The summed E-state index contributed by atoms with van der Waals surface area (Å²) in [5.74, 6) is 0.962. The lowest BCUT2D eigenvalue weighted by Crippen LogP contribution is -2.47. The number of piperazine rings is 1. The molecule has 1 fully saturated rings. The first kappa shape index (κ1) is 21.4. The van der Waals surface area contributed by atoms with Crippen LogP contribution in [0.1, 0.15) is 5.56 Å². The molecule has 3 rings (SSSR count). The lowest BCUT2D eigenvalue weighted by molar-refractivity contribution is -0.137. The molecule has 0 N–H and O–H groups in total. The van der Waals surface area contributed by atoms with E-state index in [2.05, 4.69) is 4.98 Å². The van der Waals surface area contributed by atoms with E-state index in [1.165, 1.54) is 19.2 Å². The minimum atomic E-state index is -4.40. The normalized spacial score (nSPS) is 16.1. The summed E-state index contributed by atoms with van der Waals surface area (Å²) in [6.45, 7) is 2.73. The van der Waals surface area contributed by atoms with Crippen LogP contribution in [0.5, 0.6) is 5.75 Å². The summed E-state index contributed by atoms with van der Waals surface area (Å²) in [4.78, 5) is 8.06. The van der Waals surface area contributed by atoms with Gasteiger partial charge in [-0.05, 0) is 30.3 Å². The lowest BCUT2D eigenvalue weighted by atomic mass is 10.2. The van der Waals surface area contributed by atoms with Crippen LogP contribution < -0.4 is 9.64 Å². The lowest BCUT2D eigenvalue weighted by Gasteiger charge is -2.35. The molecule has 0 amide bonds. The van der Waals surface area contributed by atoms with Crippen LogP contribution in [-0.4, -0.2) is 63.9 Å². The van der Waals surface area contributed by atoms with E-state index < -0.39 is 21.6 Å². The summed E-state index contributed by atoms with van der Waals surface area (Å²) in [7, 11) is -1.95.